The van der Waals surface area contributed by atoms with Gasteiger partial charge in [0.2, 0.25) is 11.8 Å². The van der Waals surface area contributed by atoms with Crippen LogP contribution < -0.4 is 15.6 Å². The van der Waals surface area contributed by atoms with E-state index in [1.165, 1.54) is 18.3 Å². The molecule has 0 saturated carbocycles. The predicted molar refractivity (Wildman–Crippen MR) is 118 cm³/mol. The van der Waals surface area contributed by atoms with Gasteiger partial charge in [-0.15, -0.1) is 0 Å². The summed E-state index contributed by atoms with van der Waals surface area (Å²) >= 11 is 11.8. The minimum atomic E-state index is -0.385. The first-order valence-corrected chi connectivity index (χ1v) is 10.5. The number of oxazole rings is 1. The lowest BCUT2D eigenvalue weighted by Gasteiger charge is -2.09. The Morgan fingerprint density at radius 3 is 2.47 bits per heavy atom. The third kappa shape index (κ3) is 7.25. The number of ether oxygens (including phenoxy) is 1. The number of aryl methyl sites for hydroxylation is 1. The number of nitrogens with one attached hydrogen (secondary N) is 2. The number of carbonyl (C=O) groups excluding carboxylic acids is 2. The van der Waals surface area contributed by atoms with Gasteiger partial charge in [0.25, 0.3) is 0 Å². The van der Waals surface area contributed by atoms with Crippen LogP contribution in [0.5, 0.6) is 5.75 Å². The van der Waals surface area contributed by atoms with Gasteiger partial charge in [-0.1, -0.05) is 23.2 Å². The average Bonchev–Trinajstić information content (AvgIpc) is 3.24. The van der Waals surface area contributed by atoms with Gasteiger partial charge in [-0.05, 0) is 48.9 Å². The summed E-state index contributed by atoms with van der Waals surface area (Å²) in [6, 6.07) is 10.7. The molecule has 10 heteroatoms. The van der Waals surface area contributed by atoms with Crippen molar-refractivity contribution in [1.82, 2.24) is 15.8 Å². The van der Waals surface area contributed by atoms with Crippen molar-refractivity contribution in [2.24, 2.45) is 0 Å². The Labute approximate surface area is 193 Å². The zero-order chi connectivity index (χ0) is 22.9. The number of aromatic nitrogens is 1. The molecule has 2 N–H and O–H groups in total. The van der Waals surface area contributed by atoms with E-state index in [-0.39, 0.29) is 43.5 Å². The van der Waals surface area contributed by atoms with E-state index in [0.29, 0.717) is 39.4 Å². The maximum Gasteiger partial charge on any atom is 0.238 e. The van der Waals surface area contributed by atoms with Gasteiger partial charge in [0, 0.05) is 29.8 Å². The summed E-state index contributed by atoms with van der Waals surface area (Å²) in [5.74, 6) is 0.257. The molecule has 168 valence electrons. The predicted octanol–water partition coefficient (Wildman–Crippen LogP) is 4.73. The summed E-state index contributed by atoms with van der Waals surface area (Å²) < 4.78 is 24.1. The van der Waals surface area contributed by atoms with Gasteiger partial charge >= 0.3 is 0 Å². The molecule has 7 nitrogen and oxygen atoms in total. The number of hydrazine groups is 1. The smallest absolute Gasteiger partial charge is 0.238 e. The summed E-state index contributed by atoms with van der Waals surface area (Å²) in [6.45, 7) is 0.281. The van der Waals surface area contributed by atoms with Crippen molar-refractivity contribution in [3.05, 3.63) is 70.4 Å². The fraction of sp³-hybridized carbons (Fsp3) is 0.227. The molecule has 0 saturated heterocycles. The van der Waals surface area contributed by atoms with Crippen LogP contribution in [0.3, 0.4) is 0 Å². The van der Waals surface area contributed by atoms with Gasteiger partial charge in [0.15, 0.2) is 11.7 Å². The molecular weight excluding hydrogens is 460 g/mol. The fourth-order valence-electron chi connectivity index (χ4n) is 2.67. The molecule has 1 heterocycles. The molecule has 3 rings (SSSR count). The first kappa shape index (κ1) is 23.6. The number of hydrogen-bond donors (Lipinski definition) is 2. The van der Waals surface area contributed by atoms with Crippen molar-refractivity contribution < 1.29 is 23.1 Å². The molecule has 3 aromatic rings. The van der Waals surface area contributed by atoms with Crippen LogP contribution in [0.15, 0.2) is 53.1 Å². The molecule has 0 spiro atoms. The van der Waals surface area contributed by atoms with E-state index in [0.717, 1.165) is 0 Å². The maximum absolute atomic E-state index is 13.0. The van der Waals surface area contributed by atoms with Gasteiger partial charge in [0.1, 0.15) is 11.6 Å². The Hall–Kier alpha value is -3.10. The largest absolute Gasteiger partial charge is 0.492 e. The van der Waals surface area contributed by atoms with E-state index in [9.17, 15) is 14.0 Å². The van der Waals surface area contributed by atoms with Crippen molar-refractivity contribution in [3.63, 3.8) is 0 Å². The Morgan fingerprint density at radius 1 is 1.03 bits per heavy atom. The maximum atomic E-state index is 13.0. The summed E-state index contributed by atoms with van der Waals surface area (Å²) in [7, 11) is 0. The van der Waals surface area contributed by atoms with E-state index < -0.39 is 0 Å². The molecule has 0 fully saturated rings. The Balaban J connectivity index is 1.31. The molecule has 2 aromatic carbocycles. The van der Waals surface area contributed by atoms with Gasteiger partial charge < -0.3 is 9.15 Å². The molecule has 0 atom stereocenters. The van der Waals surface area contributed by atoms with E-state index >= 15 is 0 Å². The highest BCUT2D eigenvalue weighted by molar-refractivity contribution is 6.35. The number of nitrogens with zero attached hydrogens (tertiary/aromatic N) is 1. The molecule has 0 aliphatic carbocycles. The van der Waals surface area contributed by atoms with E-state index in [2.05, 4.69) is 15.8 Å². The van der Waals surface area contributed by atoms with Gasteiger partial charge in [-0.3, -0.25) is 20.4 Å². The quantitative estimate of drug-likeness (QED) is 0.341. The second-order valence-corrected chi connectivity index (χ2v) is 7.59. The van der Waals surface area contributed by atoms with E-state index in [1.807, 2.05) is 0 Å². The highest BCUT2D eigenvalue weighted by Gasteiger charge is 2.10. The Kier molecular flexibility index (Phi) is 8.47. The molecular formula is C22H20Cl2FN3O4. The minimum absolute atomic E-state index is 0.0713. The zero-order valence-corrected chi connectivity index (χ0v) is 18.4. The summed E-state index contributed by atoms with van der Waals surface area (Å²) in [5.41, 5.74) is 5.38. The average molecular weight is 480 g/mol. The van der Waals surface area contributed by atoms with Crippen LogP contribution in [-0.4, -0.2) is 23.4 Å². The summed E-state index contributed by atoms with van der Waals surface area (Å²) in [6.07, 6.45) is 2.43. The van der Waals surface area contributed by atoms with Crippen LogP contribution in [0.4, 0.5) is 4.39 Å². The lowest BCUT2D eigenvalue weighted by Crippen LogP contribution is -2.41. The van der Waals surface area contributed by atoms with Crippen LogP contribution in [0, 0.1) is 5.82 Å². The highest BCUT2D eigenvalue weighted by atomic mass is 35.5. The number of halogens is 3. The number of rotatable bonds is 9. The standard InChI is InChI=1S/C22H20Cl2FN3O4/c23-15-5-8-18(17(24)12-15)31-11-1-2-20(29)27-28-21(30)9-10-22-26-13-19(32-22)14-3-6-16(25)7-4-14/h3-8,12-13H,1-2,9-11H2,(H,27,29)(H,28,30). The SMILES string of the molecule is O=C(CCCOc1ccc(Cl)cc1Cl)NNC(=O)CCc1ncc(-c2ccc(F)cc2)o1. The summed E-state index contributed by atoms with van der Waals surface area (Å²) in [4.78, 5) is 27.9. The molecule has 0 radical (unpaired) electrons. The van der Waals surface area contributed by atoms with E-state index in [4.69, 9.17) is 32.4 Å². The topological polar surface area (TPSA) is 93.5 Å². The zero-order valence-electron chi connectivity index (χ0n) is 16.9. The van der Waals surface area contributed by atoms with Crippen molar-refractivity contribution >= 4 is 35.0 Å². The Morgan fingerprint density at radius 2 is 1.75 bits per heavy atom. The van der Waals surface area contributed by atoms with Crippen molar-refractivity contribution in [2.75, 3.05) is 6.61 Å². The molecule has 0 aliphatic heterocycles. The first-order chi connectivity index (χ1) is 15.4. The molecule has 2 amide bonds. The Bertz CT molecular complexity index is 1070. The first-order valence-electron chi connectivity index (χ1n) is 9.77. The normalized spacial score (nSPS) is 10.6. The molecule has 32 heavy (non-hydrogen) atoms. The third-order valence-electron chi connectivity index (χ3n) is 4.29. The lowest BCUT2D eigenvalue weighted by molar-refractivity contribution is -0.129. The van der Waals surface area contributed by atoms with Crippen LogP contribution >= 0.6 is 23.2 Å². The molecule has 0 aliphatic rings. The molecule has 1 aromatic heterocycles. The van der Waals surface area contributed by atoms with Crippen LogP contribution in [-0.2, 0) is 16.0 Å². The number of hydrogen-bond acceptors (Lipinski definition) is 5. The second kappa shape index (κ2) is 11.5. The van der Waals surface area contributed by atoms with Crippen molar-refractivity contribution in [2.45, 2.75) is 25.7 Å². The third-order valence-corrected chi connectivity index (χ3v) is 4.82. The van der Waals surface area contributed by atoms with Crippen LogP contribution in [0.1, 0.15) is 25.2 Å². The molecule has 0 unspecified atom stereocenters. The van der Waals surface area contributed by atoms with Gasteiger partial charge in [0.05, 0.1) is 17.8 Å². The molecule has 0 bridgehead atoms. The monoisotopic (exact) mass is 479 g/mol. The minimum Gasteiger partial charge on any atom is -0.492 e. The fourth-order valence-corrected chi connectivity index (χ4v) is 3.13. The lowest BCUT2D eigenvalue weighted by atomic mass is 10.2. The van der Waals surface area contributed by atoms with E-state index in [1.54, 1.807) is 30.3 Å². The van der Waals surface area contributed by atoms with Crippen molar-refractivity contribution in [1.29, 1.82) is 0 Å². The number of benzene rings is 2. The number of carbonyl (C=O) groups is 2. The van der Waals surface area contributed by atoms with Gasteiger partial charge in [-0.2, -0.15) is 0 Å². The number of amides is 2. The van der Waals surface area contributed by atoms with Crippen LogP contribution in [0.25, 0.3) is 11.3 Å². The van der Waals surface area contributed by atoms with Crippen LogP contribution in [0.2, 0.25) is 10.0 Å². The summed E-state index contributed by atoms with van der Waals surface area (Å²) in [5, 5.41) is 0.902. The van der Waals surface area contributed by atoms with Crippen molar-refractivity contribution in [3.8, 4) is 17.1 Å². The highest BCUT2D eigenvalue weighted by Crippen LogP contribution is 2.27. The second-order valence-electron chi connectivity index (χ2n) is 6.75. The van der Waals surface area contributed by atoms with Gasteiger partial charge in [-0.25, -0.2) is 9.37 Å².